The van der Waals surface area contributed by atoms with E-state index in [1.807, 2.05) is 24.3 Å². The molecule has 0 fully saturated rings. The smallest absolute Gasteiger partial charge is 0.303 e. The molecular formula is C13H18NO4S+. The topological polar surface area (TPSA) is 77.8 Å². The van der Waals surface area contributed by atoms with Crippen LogP contribution in [-0.4, -0.2) is 26.5 Å². The van der Waals surface area contributed by atoms with E-state index in [2.05, 4.69) is 0 Å². The fraction of sp³-hybridized carbons (Fsp3) is 0.462. The van der Waals surface area contributed by atoms with Crippen LogP contribution in [-0.2, 0) is 26.8 Å². The van der Waals surface area contributed by atoms with Crippen LogP contribution in [0, 0.1) is 0 Å². The van der Waals surface area contributed by atoms with Crippen molar-refractivity contribution in [2.24, 2.45) is 0 Å². The average molecular weight is 284 g/mol. The number of thiol groups is 1. The minimum Gasteiger partial charge on any atom is -0.481 e. The molecule has 0 radical (unpaired) electrons. The molecule has 0 aromatic heterocycles. The van der Waals surface area contributed by atoms with Crippen LogP contribution in [0.1, 0.15) is 36.3 Å². The maximum atomic E-state index is 11.3. The Hall–Kier alpha value is -1.24. The van der Waals surface area contributed by atoms with Gasteiger partial charge in [0, 0.05) is 13.0 Å². The van der Waals surface area contributed by atoms with E-state index < -0.39 is 17.2 Å². The number of carboxylic acids is 1. The van der Waals surface area contributed by atoms with Crippen LogP contribution in [0.15, 0.2) is 24.3 Å². The highest BCUT2D eigenvalue weighted by molar-refractivity contribution is 7.76. The molecule has 104 valence electrons. The summed E-state index contributed by atoms with van der Waals surface area (Å²) in [7, 11) is 0. The van der Waals surface area contributed by atoms with E-state index in [-0.39, 0.29) is 12.3 Å². The zero-order chi connectivity index (χ0) is 13.8. The predicted molar refractivity (Wildman–Crippen MR) is 73.2 cm³/mol. The molecule has 1 aromatic carbocycles. The van der Waals surface area contributed by atoms with Gasteiger partial charge in [0.05, 0.1) is 6.54 Å². The molecule has 1 aliphatic rings. The molecule has 2 N–H and O–H groups in total. The van der Waals surface area contributed by atoms with Gasteiger partial charge in [-0.1, -0.05) is 28.6 Å². The molecule has 0 bridgehead atoms. The zero-order valence-electron chi connectivity index (χ0n) is 10.5. The maximum Gasteiger partial charge on any atom is 0.303 e. The van der Waals surface area contributed by atoms with E-state index in [4.69, 9.17) is 5.11 Å². The molecule has 2 atom stereocenters. The lowest BCUT2D eigenvalue weighted by atomic mass is 9.89. The summed E-state index contributed by atoms with van der Waals surface area (Å²) < 4.78 is 22.1. The van der Waals surface area contributed by atoms with Crippen LogP contribution in [0.2, 0.25) is 0 Å². The van der Waals surface area contributed by atoms with Gasteiger partial charge in [0.1, 0.15) is 0 Å². The molecule has 0 saturated carbocycles. The zero-order valence-corrected chi connectivity index (χ0v) is 11.4. The van der Waals surface area contributed by atoms with Gasteiger partial charge in [-0.05, 0) is 34.1 Å². The van der Waals surface area contributed by atoms with Crippen molar-refractivity contribution < 1.29 is 18.7 Å². The van der Waals surface area contributed by atoms with Gasteiger partial charge >= 0.3 is 5.97 Å². The van der Waals surface area contributed by atoms with Gasteiger partial charge in [0.25, 0.3) is 11.3 Å². The van der Waals surface area contributed by atoms with Gasteiger partial charge in [-0.2, -0.15) is 4.55 Å². The fourth-order valence-electron chi connectivity index (χ4n) is 2.56. The summed E-state index contributed by atoms with van der Waals surface area (Å²) in [6, 6.07) is 7.78. The van der Waals surface area contributed by atoms with Gasteiger partial charge < -0.3 is 5.11 Å². The average Bonchev–Trinajstić information content (AvgIpc) is 2.55. The molecular weight excluding hydrogens is 266 g/mol. The van der Waals surface area contributed by atoms with E-state index >= 15 is 0 Å². The van der Waals surface area contributed by atoms with Crippen molar-refractivity contribution in [3.63, 3.8) is 0 Å². The van der Waals surface area contributed by atoms with E-state index in [1.165, 1.54) is 4.31 Å². The maximum absolute atomic E-state index is 11.3. The Morgan fingerprint density at radius 3 is 2.84 bits per heavy atom. The monoisotopic (exact) mass is 284 g/mol. The summed E-state index contributed by atoms with van der Waals surface area (Å²) >= 11 is -2.33. The summed E-state index contributed by atoms with van der Waals surface area (Å²) in [6.45, 7) is 0.968. The van der Waals surface area contributed by atoms with Crippen molar-refractivity contribution in [2.75, 3.05) is 6.54 Å². The number of carboxylic acid groups (broad SMARTS) is 1. The Bertz CT molecular complexity index is 491. The Morgan fingerprint density at radius 1 is 1.42 bits per heavy atom. The fourth-order valence-corrected chi connectivity index (χ4v) is 3.12. The quantitative estimate of drug-likeness (QED) is 0.654. The van der Waals surface area contributed by atoms with Crippen LogP contribution in [0.4, 0.5) is 0 Å². The summed E-state index contributed by atoms with van der Waals surface area (Å²) in [5.74, 6) is -0.654. The first-order valence-electron chi connectivity index (χ1n) is 6.28. The van der Waals surface area contributed by atoms with Gasteiger partial charge in [0.2, 0.25) is 0 Å². The lowest BCUT2D eigenvalue weighted by molar-refractivity contribution is -0.137. The molecule has 1 aromatic rings. The molecule has 5 nitrogen and oxygen atoms in total. The molecule has 6 heteroatoms. The van der Waals surface area contributed by atoms with E-state index in [0.717, 1.165) is 11.1 Å². The highest BCUT2D eigenvalue weighted by Crippen LogP contribution is 2.32. The molecule has 2 unspecified atom stereocenters. The SMILES string of the molecule is O=C(O)CCC1CCN([SH+](=O)O)Cc2ccccc21. The van der Waals surface area contributed by atoms with Gasteiger partial charge in [-0.3, -0.25) is 4.79 Å². The van der Waals surface area contributed by atoms with E-state index in [0.29, 0.717) is 25.9 Å². The van der Waals surface area contributed by atoms with Crippen molar-refractivity contribution in [2.45, 2.75) is 31.7 Å². The van der Waals surface area contributed by atoms with Gasteiger partial charge in [-0.15, -0.1) is 0 Å². The minimum atomic E-state index is -2.33. The van der Waals surface area contributed by atoms with Crippen LogP contribution in [0.3, 0.4) is 0 Å². The Morgan fingerprint density at radius 2 is 2.16 bits per heavy atom. The summed E-state index contributed by atoms with van der Waals surface area (Å²) in [5, 5.41) is 8.81. The third-order valence-electron chi connectivity index (χ3n) is 3.53. The summed E-state index contributed by atoms with van der Waals surface area (Å²) in [6.07, 6.45) is 1.42. The second kappa shape index (κ2) is 6.27. The third kappa shape index (κ3) is 3.62. The number of benzene rings is 1. The third-order valence-corrected chi connectivity index (χ3v) is 4.36. The number of rotatable bonds is 4. The first-order chi connectivity index (χ1) is 9.08. The lowest BCUT2D eigenvalue weighted by Crippen LogP contribution is -2.24. The highest BCUT2D eigenvalue weighted by atomic mass is 32.2. The van der Waals surface area contributed by atoms with Crippen LogP contribution < -0.4 is 0 Å². The standard InChI is InChI=1S/C13H17NO4S/c15-13(16)6-5-10-7-8-14(19(17)18)9-11-3-1-2-4-12(10)11/h1-4,10H,5-9H2,(H,15,16)(H,17,18)/p+1. The Kier molecular flexibility index (Phi) is 4.68. The molecule has 1 aliphatic heterocycles. The second-order valence-corrected chi connectivity index (χ2v) is 5.83. The van der Waals surface area contributed by atoms with Gasteiger partial charge in [-0.25, -0.2) is 0 Å². The first kappa shape index (κ1) is 14.2. The normalized spacial score (nSPS) is 21.4. The first-order valence-corrected chi connectivity index (χ1v) is 7.45. The Balaban J connectivity index is 2.22. The molecule has 0 saturated heterocycles. The summed E-state index contributed by atoms with van der Waals surface area (Å²) in [4.78, 5) is 10.7. The Labute approximate surface area is 114 Å². The van der Waals surface area contributed by atoms with Crippen molar-refractivity contribution >= 4 is 17.2 Å². The number of carbonyl (C=O) groups is 1. The molecule has 0 spiro atoms. The molecule has 0 amide bonds. The van der Waals surface area contributed by atoms with E-state index in [9.17, 15) is 13.6 Å². The summed E-state index contributed by atoms with van der Waals surface area (Å²) in [5.41, 5.74) is 2.14. The minimum absolute atomic E-state index is 0.129. The van der Waals surface area contributed by atoms with Crippen molar-refractivity contribution in [1.29, 1.82) is 0 Å². The van der Waals surface area contributed by atoms with Crippen LogP contribution in [0.5, 0.6) is 0 Å². The van der Waals surface area contributed by atoms with Gasteiger partial charge in [0.15, 0.2) is 0 Å². The predicted octanol–water partition coefficient (Wildman–Crippen LogP) is 1.92. The molecule has 19 heavy (non-hydrogen) atoms. The molecule has 2 rings (SSSR count). The van der Waals surface area contributed by atoms with E-state index in [1.54, 1.807) is 0 Å². The van der Waals surface area contributed by atoms with Crippen LogP contribution >= 0.6 is 0 Å². The van der Waals surface area contributed by atoms with Crippen molar-refractivity contribution in [1.82, 2.24) is 4.31 Å². The highest BCUT2D eigenvalue weighted by Gasteiger charge is 2.27. The number of hydrogen-bond donors (Lipinski definition) is 2. The van der Waals surface area contributed by atoms with Crippen molar-refractivity contribution in [3.8, 4) is 0 Å². The van der Waals surface area contributed by atoms with Crippen molar-refractivity contribution in [3.05, 3.63) is 35.4 Å². The number of fused-ring (bicyclic) bond motifs is 1. The number of hydrogen-bond acceptors (Lipinski definition) is 2. The number of nitrogens with zero attached hydrogens (tertiary/aromatic N) is 1. The molecule has 1 heterocycles. The lowest BCUT2D eigenvalue weighted by Gasteiger charge is -2.15. The largest absolute Gasteiger partial charge is 0.481 e. The van der Waals surface area contributed by atoms with Crippen LogP contribution in [0.25, 0.3) is 0 Å². The number of aliphatic carboxylic acids is 1. The second-order valence-electron chi connectivity index (χ2n) is 4.76. The molecule has 0 aliphatic carbocycles.